The van der Waals surface area contributed by atoms with Gasteiger partial charge in [-0.25, -0.2) is 18.4 Å². The van der Waals surface area contributed by atoms with Crippen LogP contribution in [0.25, 0.3) is 0 Å². The van der Waals surface area contributed by atoms with Crippen molar-refractivity contribution in [3.05, 3.63) is 116 Å². The number of rotatable bonds is 9. The number of aryl methyl sites for hydroxylation is 4. The fourth-order valence-electron chi connectivity index (χ4n) is 4.06. The summed E-state index contributed by atoms with van der Waals surface area (Å²) in [6, 6.07) is 11.8. The number of ether oxygens (including phenoxy) is 1. The SMILES string of the molecule is CCOC(=O)c1cn(C)c(=O)cc1Nc1ccc(CC)cc1F.CCc1ccc(Nc2cc(=O)n(C)cc2C(=O)O)c(F)c1. The second-order valence-electron chi connectivity index (χ2n) is 9.71. The van der Waals surface area contributed by atoms with Crippen LogP contribution in [0.4, 0.5) is 31.5 Å². The Morgan fingerprint density at radius 2 is 1.16 bits per heavy atom. The number of hydrogen-bond donors (Lipinski definition) is 3. The largest absolute Gasteiger partial charge is 0.478 e. The number of pyridine rings is 2. The van der Waals surface area contributed by atoms with Gasteiger partial charge in [0, 0.05) is 38.6 Å². The highest BCUT2D eigenvalue weighted by Crippen LogP contribution is 2.25. The molecule has 0 spiro atoms. The first-order valence-electron chi connectivity index (χ1n) is 13.8. The summed E-state index contributed by atoms with van der Waals surface area (Å²) < 4.78 is 35.5. The van der Waals surface area contributed by atoms with Gasteiger partial charge in [-0.2, -0.15) is 0 Å². The quantitative estimate of drug-likeness (QED) is 0.211. The van der Waals surface area contributed by atoms with Crippen LogP contribution in [-0.4, -0.2) is 32.8 Å². The van der Waals surface area contributed by atoms with E-state index in [4.69, 9.17) is 9.84 Å². The van der Waals surface area contributed by atoms with Crippen LogP contribution in [0.5, 0.6) is 0 Å². The number of aromatic carboxylic acids is 1. The van der Waals surface area contributed by atoms with E-state index in [0.717, 1.165) is 28.2 Å². The monoisotopic (exact) mass is 608 g/mol. The van der Waals surface area contributed by atoms with Crippen LogP contribution in [-0.2, 0) is 31.7 Å². The average Bonchev–Trinajstić information content (AvgIpc) is 2.98. The molecule has 4 aromatic rings. The van der Waals surface area contributed by atoms with E-state index in [1.54, 1.807) is 25.1 Å². The van der Waals surface area contributed by atoms with Crippen LogP contribution >= 0.6 is 0 Å². The molecule has 0 amide bonds. The van der Waals surface area contributed by atoms with E-state index in [0.29, 0.717) is 6.42 Å². The van der Waals surface area contributed by atoms with Crippen molar-refractivity contribution in [2.24, 2.45) is 14.1 Å². The number of hydrogen-bond acceptors (Lipinski definition) is 7. The second kappa shape index (κ2) is 14.8. The molecule has 232 valence electrons. The van der Waals surface area contributed by atoms with Gasteiger partial charge in [-0.1, -0.05) is 26.0 Å². The molecule has 0 aliphatic rings. The van der Waals surface area contributed by atoms with Crippen LogP contribution in [0.2, 0.25) is 0 Å². The van der Waals surface area contributed by atoms with E-state index in [1.807, 2.05) is 13.8 Å². The van der Waals surface area contributed by atoms with E-state index in [2.05, 4.69) is 10.6 Å². The maximum Gasteiger partial charge on any atom is 0.341 e. The van der Waals surface area contributed by atoms with Crippen molar-refractivity contribution in [1.29, 1.82) is 0 Å². The van der Waals surface area contributed by atoms with E-state index < -0.39 is 23.6 Å². The summed E-state index contributed by atoms with van der Waals surface area (Å²) >= 11 is 0. The first-order chi connectivity index (χ1) is 20.9. The third kappa shape index (κ3) is 8.18. The molecular formula is C32H34F2N4O6. The summed E-state index contributed by atoms with van der Waals surface area (Å²) in [6.45, 7) is 5.74. The molecule has 2 heterocycles. The highest BCUT2D eigenvalue weighted by molar-refractivity contribution is 5.96. The molecule has 2 aromatic heterocycles. The zero-order valence-corrected chi connectivity index (χ0v) is 25.0. The molecule has 0 aliphatic carbocycles. The van der Waals surface area contributed by atoms with Crippen molar-refractivity contribution in [2.75, 3.05) is 17.2 Å². The van der Waals surface area contributed by atoms with Crippen LogP contribution in [0, 0.1) is 11.6 Å². The van der Waals surface area contributed by atoms with Gasteiger partial charge in [0.25, 0.3) is 11.1 Å². The van der Waals surface area contributed by atoms with Gasteiger partial charge in [-0.3, -0.25) is 9.59 Å². The average molecular weight is 609 g/mol. The zero-order chi connectivity index (χ0) is 32.6. The minimum Gasteiger partial charge on any atom is -0.478 e. The van der Waals surface area contributed by atoms with Gasteiger partial charge >= 0.3 is 11.9 Å². The molecule has 0 saturated carbocycles. The number of carbonyl (C=O) groups excluding carboxylic acids is 1. The van der Waals surface area contributed by atoms with Crippen molar-refractivity contribution >= 4 is 34.7 Å². The normalized spacial score (nSPS) is 10.4. The van der Waals surface area contributed by atoms with E-state index in [-0.39, 0.29) is 51.6 Å². The van der Waals surface area contributed by atoms with Crippen LogP contribution < -0.4 is 21.8 Å². The molecule has 0 radical (unpaired) electrons. The van der Waals surface area contributed by atoms with E-state index >= 15 is 0 Å². The van der Waals surface area contributed by atoms with Crippen molar-refractivity contribution in [3.8, 4) is 0 Å². The molecule has 0 atom stereocenters. The summed E-state index contributed by atoms with van der Waals surface area (Å²) in [5, 5.41) is 14.6. The number of anilines is 4. The molecule has 10 nitrogen and oxygen atoms in total. The number of nitrogens with zero attached hydrogens (tertiary/aromatic N) is 2. The fourth-order valence-corrected chi connectivity index (χ4v) is 4.06. The Morgan fingerprint density at radius 1 is 0.727 bits per heavy atom. The Morgan fingerprint density at radius 3 is 1.55 bits per heavy atom. The predicted molar refractivity (Wildman–Crippen MR) is 164 cm³/mol. The van der Waals surface area contributed by atoms with Crippen molar-refractivity contribution < 1.29 is 28.2 Å². The zero-order valence-electron chi connectivity index (χ0n) is 25.0. The van der Waals surface area contributed by atoms with Gasteiger partial charge in [0.2, 0.25) is 0 Å². The lowest BCUT2D eigenvalue weighted by Gasteiger charge is -2.13. The number of carbonyl (C=O) groups is 2. The van der Waals surface area contributed by atoms with Gasteiger partial charge in [0.1, 0.15) is 11.6 Å². The molecule has 12 heteroatoms. The molecule has 0 bridgehead atoms. The van der Waals surface area contributed by atoms with E-state index in [9.17, 15) is 28.0 Å². The van der Waals surface area contributed by atoms with Gasteiger partial charge in [-0.15, -0.1) is 0 Å². The molecule has 0 aliphatic heterocycles. The molecule has 0 fully saturated rings. The van der Waals surface area contributed by atoms with E-state index in [1.165, 1.54) is 55.3 Å². The van der Waals surface area contributed by atoms with Crippen LogP contribution in [0.15, 0.2) is 70.5 Å². The smallest absolute Gasteiger partial charge is 0.341 e. The number of aromatic nitrogens is 2. The topological polar surface area (TPSA) is 132 Å². The molecule has 0 saturated heterocycles. The molecular weight excluding hydrogens is 574 g/mol. The van der Waals surface area contributed by atoms with Crippen molar-refractivity contribution in [3.63, 3.8) is 0 Å². The Kier molecular flexibility index (Phi) is 11.2. The second-order valence-corrected chi connectivity index (χ2v) is 9.71. The Labute approximate surface area is 252 Å². The van der Waals surface area contributed by atoms with Gasteiger partial charge in [-0.05, 0) is 55.2 Å². The Hall–Kier alpha value is -5.26. The fraction of sp³-hybridized carbons (Fsp3) is 0.250. The lowest BCUT2D eigenvalue weighted by atomic mass is 10.1. The highest BCUT2D eigenvalue weighted by atomic mass is 19.1. The molecule has 3 N–H and O–H groups in total. The van der Waals surface area contributed by atoms with Crippen LogP contribution in [0.3, 0.4) is 0 Å². The summed E-state index contributed by atoms with van der Waals surface area (Å²) in [6.07, 6.45) is 3.99. The Bertz CT molecular complexity index is 1800. The minimum absolute atomic E-state index is 0.0637. The molecule has 0 unspecified atom stereocenters. The number of carboxylic acids is 1. The summed E-state index contributed by atoms with van der Waals surface area (Å²) in [4.78, 5) is 46.7. The van der Waals surface area contributed by atoms with Gasteiger partial charge < -0.3 is 29.6 Å². The lowest BCUT2D eigenvalue weighted by Crippen LogP contribution is -2.20. The first-order valence-corrected chi connectivity index (χ1v) is 13.8. The standard InChI is InChI=1S/C17H19FN2O3.C15H15FN2O3/c1-4-11-6-7-14(13(18)8-11)19-15-9-16(21)20(3)10-12(15)17(22)23-5-2;1-3-9-4-5-12(11(16)6-9)17-13-7-14(19)18(2)8-10(13)15(20)21/h6-10,19H,4-5H2,1-3H3;4-8,17H,3H2,1-2H3,(H,20,21). The summed E-state index contributed by atoms with van der Waals surface area (Å²) in [7, 11) is 2.99. The molecule has 4 rings (SSSR count). The molecule has 44 heavy (non-hydrogen) atoms. The minimum atomic E-state index is -1.20. The number of carboxylic acid groups (broad SMARTS) is 1. The Balaban J connectivity index is 0.000000241. The molecule has 2 aromatic carbocycles. The van der Waals surface area contributed by atoms with Gasteiger partial charge in [0.05, 0.1) is 40.5 Å². The summed E-state index contributed by atoms with van der Waals surface area (Å²) in [5.41, 5.74) is 1.68. The lowest BCUT2D eigenvalue weighted by molar-refractivity contribution is 0.0526. The van der Waals surface area contributed by atoms with Crippen molar-refractivity contribution in [2.45, 2.75) is 33.6 Å². The summed E-state index contributed by atoms with van der Waals surface area (Å²) in [5.74, 6) is -2.71. The predicted octanol–water partition coefficient (Wildman–Crippen LogP) is 5.54. The number of nitrogens with one attached hydrogen (secondary N) is 2. The maximum absolute atomic E-state index is 14.1. The van der Waals surface area contributed by atoms with Gasteiger partial charge in [0.15, 0.2) is 0 Å². The highest BCUT2D eigenvalue weighted by Gasteiger charge is 2.17. The third-order valence-corrected chi connectivity index (χ3v) is 6.60. The number of esters is 1. The third-order valence-electron chi connectivity index (χ3n) is 6.60. The maximum atomic E-state index is 14.1. The first kappa shape index (κ1) is 33.2. The van der Waals surface area contributed by atoms with Crippen LogP contribution in [0.1, 0.15) is 52.6 Å². The van der Waals surface area contributed by atoms with Crippen molar-refractivity contribution in [1.82, 2.24) is 9.13 Å². The number of benzene rings is 2. The number of halogens is 2.